The van der Waals surface area contributed by atoms with Gasteiger partial charge in [-0.2, -0.15) is 5.10 Å². The van der Waals surface area contributed by atoms with Crippen molar-refractivity contribution in [3.8, 4) is 0 Å². The van der Waals surface area contributed by atoms with Crippen molar-refractivity contribution in [2.24, 2.45) is 0 Å². The van der Waals surface area contributed by atoms with Crippen molar-refractivity contribution in [3.05, 3.63) is 87.3 Å². The van der Waals surface area contributed by atoms with E-state index < -0.39 is 0 Å². The summed E-state index contributed by atoms with van der Waals surface area (Å²) >= 11 is 1.28. The van der Waals surface area contributed by atoms with Gasteiger partial charge in [-0.1, -0.05) is 36.4 Å². The molecule has 31 heavy (non-hydrogen) atoms. The van der Waals surface area contributed by atoms with Crippen molar-refractivity contribution in [2.75, 3.05) is 7.11 Å². The molecule has 0 unspecified atom stereocenters. The highest BCUT2D eigenvalue weighted by molar-refractivity contribution is 7.21. The second-order valence-electron chi connectivity index (χ2n) is 7.43. The van der Waals surface area contributed by atoms with E-state index in [-0.39, 0.29) is 18.3 Å². The third kappa shape index (κ3) is 4.24. The molecule has 0 saturated heterocycles. The Morgan fingerprint density at radius 3 is 2.65 bits per heavy atom. The van der Waals surface area contributed by atoms with Crippen LogP contribution >= 0.6 is 11.3 Å². The number of hydrogen-bond donors (Lipinski definition) is 1. The Labute approximate surface area is 184 Å². The number of benzene rings is 2. The van der Waals surface area contributed by atoms with Gasteiger partial charge in [0.1, 0.15) is 5.82 Å². The van der Waals surface area contributed by atoms with Crippen LogP contribution in [0.5, 0.6) is 0 Å². The average molecular weight is 438 g/mol. The molecule has 0 saturated carbocycles. The number of fused-ring (bicyclic) bond motifs is 1. The third-order valence-electron chi connectivity index (χ3n) is 5.39. The van der Waals surface area contributed by atoms with Crippen LogP contribution in [0.4, 0.5) is 4.39 Å². The summed E-state index contributed by atoms with van der Waals surface area (Å²) in [7, 11) is 1.54. The maximum Gasteiger partial charge on any atom is 0.262 e. The fourth-order valence-corrected chi connectivity index (χ4v) is 4.92. The minimum atomic E-state index is -0.339. The highest BCUT2D eigenvalue weighted by Crippen LogP contribution is 2.33. The average Bonchev–Trinajstić information content (AvgIpc) is 3.26. The van der Waals surface area contributed by atoms with Crippen LogP contribution in [-0.2, 0) is 24.4 Å². The molecular formula is C24H24FN3O2S. The quantitative estimate of drug-likeness (QED) is 0.444. The molecule has 1 amide bonds. The maximum atomic E-state index is 14.4. The monoisotopic (exact) mass is 437 g/mol. The molecule has 0 aliphatic heterocycles. The predicted octanol–water partition coefficient (Wildman–Crippen LogP) is 4.98. The fraction of sp³-hybridized carbons (Fsp3) is 0.250. The lowest BCUT2D eigenvalue weighted by Gasteiger charge is -2.08. The molecule has 2 heterocycles. The molecule has 0 radical (unpaired) electrons. The van der Waals surface area contributed by atoms with E-state index in [0.29, 0.717) is 28.9 Å². The van der Waals surface area contributed by atoms with Gasteiger partial charge in [-0.3, -0.25) is 9.48 Å². The first-order valence-electron chi connectivity index (χ1n) is 10.0. The number of methoxy groups -OCH3 is 1. The number of carbonyl (C=O) groups is 1. The number of ether oxygens (including phenoxy) is 1. The topological polar surface area (TPSA) is 56.1 Å². The second kappa shape index (κ2) is 8.99. The van der Waals surface area contributed by atoms with Crippen LogP contribution in [0.1, 0.15) is 37.7 Å². The van der Waals surface area contributed by atoms with E-state index in [1.165, 1.54) is 23.0 Å². The van der Waals surface area contributed by atoms with Gasteiger partial charge in [0.15, 0.2) is 0 Å². The highest BCUT2D eigenvalue weighted by atomic mass is 32.1. The zero-order valence-corrected chi connectivity index (χ0v) is 18.6. The molecule has 0 aliphatic rings. The van der Waals surface area contributed by atoms with Gasteiger partial charge < -0.3 is 10.1 Å². The minimum absolute atomic E-state index is 0.177. The number of aromatic nitrogens is 2. The SMILES string of the molecule is COCc1c(C(=O)NCc2c(C)nn(Cc3ccccc3)c2C)sc2cccc(F)c12. The Morgan fingerprint density at radius 2 is 1.90 bits per heavy atom. The number of nitrogens with zero attached hydrogens (tertiary/aromatic N) is 2. The molecule has 2 aromatic heterocycles. The molecule has 0 aliphatic carbocycles. The van der Waals surface area contributed by atoms with E-state index in [9.17, 15) is 9.18 Å². The Morgan fingerprint density at radius 1 is 1.13 bits per heavy atom. The van der Waals surface area contributed by atoms with Gasteiger partial charge >= 0.3 is 0 Å². The van der Waals surface area contributed by atoms with Crippen LogP contribution in [0.2, 0.25) is 0 Å². The van der Waals surface area contributed by atoms with Gasteiger partial charge in [0, 0.05) is 40.6 Å². The first kappa shape index (κ1) is 21.2. The van der Waals surface area contributed by atoms with Crippen LogP contribution in [0.25, 0.3) is 10.1 Å². The number of hydrogen-bond acceptors (Lipinski definition) is 4. The number of aryl methyl sites for hydroxylation is 1. The first-order chi connectivity index (χ1) is 15.0. The lowest BCUT2D eigenvalue weighted by atomic mass is 10.1. The van der Waals surface area contributed by atoms with E-state index in [0.717, 1.165) is 21.7 Å². The van der Waals surface area contributed by atoms with E-state index in [1.807, 2.05) is 42.8 Å². The lowest BCUT2D eigenvalue weighted by molar-refractivity contribution is 0.0950. The molecule has 7 heteroatoms. The summed E-state index contributed by atoms with van der Waals surface area (Å²) in [5, 5.41) is 8.10. The van der Waals surface area contributed by atoms with Gasteiger partial charge in [0.05, 0.1) is 23.7 Å². The molecule has 5 nitrogen and oxygen atoms in total. The van der Waals surface area contributed by atoms with Crippen LogP contribution in [0.3, 0.4) is 0 Å². The molecule has 0 fully saturated rings. The summed E-state index contributed by atoms with van der Waals surface area (Å²) in [6, 6.07) is 15.0. The van der Waals surface area contributed by atoms with Gasteiger partial charge in [0.25, 0.3) is 5.91 Å². The van der Waals surface area contributed by atoms with Crippen molar-refractivity contribution < 1.29 is 13.9 Å². The number of rotatable bonds is 7. The maximum absolute atomic E-state index is 14.4. The Balaban J connectivity index is 1.56. The van der Waals surface area contributed by atoms with Crippen LogP contribution in [0, 0.1) is 19.7 Å². The smallest absolute Gasteiger partial charge is 0.262 e. The number of thiophene rings is 1. The summed E-state index contributed by atoms with van der Waals surface area (Å²) in [5.41, 5.74) is 4.64. The van der Waals surface area contributed by atoms with Gasteiger partial charge in [0.2, 0.25) is 0 Å². The third-order valence-corrected chi connectivity index (χ3v) is 6.59. The number of amides is 1. The normalized spacial score (nSPS) is 11.2. The van der Waals surface area contributed by atoms with Crippen molar-refractivity contribution in [2.45, 2.75) is 33.5 Å². The molecule has 160 valence electrons. The molecule has 0 spiro atoms. The molecule has 1 N–H and O–H groups in total. The molecule has 4 aromatic rings. The zero-order chi connectivity index (χ0) is 22.0. The molecule has 2 aromatic carbocycles. The zero-order valence-electron chi connectivity index (χ0n) is 17.7. The molecular weight excluding hydrogens is 413 g/mol. The first-order valence-corrected chi connectivity index (χ1v) is 10.8. The molecule has 0 bridgehead atoms. The Hall–Kier alpha value is -3.03. The molecule has 4 rings (SSSR count). The predicted molar refractivity (Wildman–Crippen MR) is 121 cm³/mol. The summed E-state index contributed by atoms with van der Waals surface area (Å²) in [6.07, 6.45) is 0. The van der Waals surface area contributed by atoms with Crippen LogP contribution < -0.4 is 5.32 Å². The van der Waals surface area contributed by atoms with Crippen LogP contribution in [-0.4, -0.2) is 22.8 Å². The van der Waals surface area contributed by atoms with Crippen molar-refractivity contribution in [1.82, 2.24) is 15.1 Å². The minimum Gasteiger partial charge on any atom is -0.380 e. The fourth-order valence-electron chi connectivity index (χ4n) is 3.78. The van der Waals surface area contributed by atoms with Crippen molar-refractivity contribution in [1.29, 1.82) is 0 Å². The second-order valence-corrected chi connectivity index (χ2v) is 8.48. The number of carbonyl (C=O) groups excluding carboxylic acids is 1. The summed E-state index contributed by atoms with van der Waals surface area (Å²) in [6.45, 7) is 5.16. The van der Waals surface area contributed by atoms with Gasteiger partial charge in [-0.05, 0) is 31.5 Å². The standard InChI is InChI=1S/C24H24FN3O2S/c1-15-18(16(2)28(27-15)13-17-8-5-4-6-9-17)12-26-24(29)23-19(14-30-3)22-20(25)10-7-11-21(22)31-23/h4-11H,12-14H2,1-3H3,(H,26,29). The summed E-state index contributed by atoms with van der Waals surface area (Å²) in [4.78, 5) is 13.5. The van der Waals surface area contributed by atoms with E-state index in [4.69, 9.17) is 4.74 Å². The van der Waals surface area contributed by atoms with Gasteiger partial charge in [-0.15, -0.1) is 11.3 Å². The van der Waals surface area contributed by atoms with Crippen LogP contribution in [0.15, 0.2) is 48.5 Å². The summed E-state index contributed by atoms with van der Waals surface area (Å²) in [5.74, 6) is -0.573. The van der Waals surface area contributed by atoms with E-state index in [2.05, 4.69) is 22.5 Å². The van der Waals surface area contributed by atoms with E-state index >= 15 is 0 Å². The number of halogens is 1. The lowest BCUT2D eigenvalue weighted by Crippen LogP contribution is -2.23. The Bertz CT molecular complexity index is 1230. The van der Waals surface area contributed by atoms with Gasteiger partial charge in [-0.25, -0.2) is 4.39 Å². The van der Waals surface area contributed by atoms with E-state index in [1.54, 1.807) is 13.2 Å². The Kier molecular flexibility index (Phi) is 6.15. The van der Waals surface area contributed by atoms with Crippen molar-refractivity contribution >= 4 is 27.3 Å². The highest BCUT2D eigenvalue weighted by Gasteiger charge is 2.21. The number of nitrogens with one attached hydrogen (secondary N) is 1. The van der Waals surface area contributed by atoms with Crippen molar-refractivity contribution in [3.63, 3.8) is 0 Å². The summed E-state index contributed by atoms with van der Waals surface area (Å²) < 4.78 is 22.3. The molecule has 0 atom stereocenters. The largest absolute Gasteiger partial charge is 0.380 e.